The lowest BCUT2D eigenvalue weighted by Gasteiger charge is -2.46. The molecule has 0 spiro atoms. The van der Waals surface area contributed by atoms with Gasteiger partial charge in [-0.15, -0.1) is 0 Å². The van der Waals surface area contributed by atoms with Crippen LogP contribution in [0.4, 0.5) is 10.1 Å². The lowest BCUT2D eigenvalue weighted by molar-refractivity contribution is 0.0776. The van der Waals surface area contributed by atoms with Crippen LogP contribution >= 0.6 is 24.9 Å². The molecule has 38 heavy (non-hydrogen) atoms. The SMILES string of the molecule is CC1CC(SN2CCC3=CC(=Nc4ccc(F)cc4)C(=CN)CC3(C(=O)c3ccccn3)C2)C=CC1OS. The number of hydrogen-bond acceptors (Lipinski definition) is 8. The lowest BCUT2D eigenvalue weighted by atomic mass is 9.64. The zero-order valence-electron chi connectivity index (χ0n) is 21.2. The van der Waals surface area contributed by atoms with Crippen molar-refractivity contribution >= 4 is 42.0 Å². The Kier molecular flexibility index (Phi) is 8.18. The Morgan fingerprint density at radius 3 is 2.79 bits per heavy atom. The first-order valence-corrected chi connectivity index (χ1v) is 13.9. The van der Waals surface area contributed by atoms with Gasteiger partial charge in [0.2, 0.25) is 0 Å². The Morgan fingerprint density at radius 1 is 1.29 bits per heavy atom. The number of Topliss-reactive ketones (excluding diaryl/α,β-unsaturated/α-hetero) is 1. The topological polar surface area (TPSA) is 80.8 Å². The van der Waals surface area contributed by atoms with Crippen molar-refractivity contribution in [2.24, 2.45) is 22.1 Å². The maximum Gasteiger partial charge on any atom is 0.192 e. The third-order valence-corrected chi connectivity index (χ3v) is 8.99. The first-order chi connectivity index (χ1) is 18.4. The molecule has 1 aromatic carbocycles. The van der Waals surface area contributed by atoms with E-state index in [0.29, 0.717) is 41.2 Å². The van der Waals surface area contributed by atoms with E-state index in [2.05, 4.69) is 41.3 Å². The maximum atomic E-state index is 14.2. The van der Waals surface area contributed by atoms with E-state index in [1.54, 1.807) is 42.5 Å². The van der Waals surface area contributed by atoms with Crippen LogP contribution in [0.5, 0.6) is 0 Å². The number of pyridine rings is 1. The molecule has 5 rings (SSSR count). The predicted molar refractivity (Wildman–Crippen MR) is 154 cm³/mol. The summed E-state index contributed by atoms with van der Waals surface area (Å²) < 4.78 is 21.0. The van der Waals surface area contributed by atoms with E-state index in [-0.39, 0.29) is 17.7 Å². The molecule has 2 aliphatic carbocycles. The highest BCUT2D eigenvalue weighted by Gasteiger charge is 2.49. The second kappa shape index (κ2) is 11.6. The van der Waals surface area contributed by atoms with Crippen LogP contribution in [0.25, 0.3) is 0 Å². The van der Waals surface area contributed by atoms with E-state index >= 15 is 0 Å². The fourth-order valence-corrected chi connectivity index (χ4v) is 7.17. The minimum Gasteiger partial charge on any atom is -0.404 e. The fraction of sp³-hybridized carbons (Fsp3) is 0.345. The number of allylic oxidation sites excluding steroid dienone is 2. The predicted octanol–water partition coefficient (Wildman–Crippen LogP) is 5.88. The van der Waals surface area contributed by atoms with Gasteiger partial charge >= 0.3 is 0 Å². The fourth-order valence-electron chi connectivity index (χ4n) is 5.46. The quantitative estimate of drug-likeness (QED) is 0.154. The zero-order chi connectivity index (χ0) is 26.7. The number of thiol groups is 1. The van der Waals surface area contributed by atoms with Crippen molar-refractivity contribution in [1.29, 1.82) is 0 Å². The standard InChI is InChI=1S/C29H31FN4O2S2/c1-19-14-24(9-10-27(19)36-37)38-34-13-11-21-15-26(33-23-7-5-22(30)6-8-23)20(17-31)16-29(21,18-34)28(35)25-4-2-3-12-32-25/h2-10,12,15,17,19,24,27,37H,11,13-14,16,18,31H2,1H3. The van der Waals surface area contributed by atoms with Gasteiger partial charge in [-0.3, -0.25) is 9.78 Å². The highest BCUT2D eigenvalue weighted by molar-refractivity contribution is 7.97. The molecule has 1 aliphatic heterocycles. The largest absolute Gasteiger partial charge is 0.404 e. The highest BCUT2D eigenvalue weighted by atomic mass is 32.2. The van der Waals surface area contributed by atoms with Gasteiger partial charge in [0, 0.05) is 24.5 Å². The minimum atomic E-state index is -0.798. The number of hydrogen-bond donors (Lipinski definition) is 2. The molecule has 0 saturated carbocycles. The van der Waals surface area contributed by atoms with Crippen molar-refractivity contribution in [3.8, 4) is 0 Å². The zero-order valence-corrected chi connectivity index (χ0v) is 22.9. The van der Waals surface area contributed by atoms with E-state index in [0.717, 1.165) is 30.5 Å². The van der Waals surface area contributed by atoms with Gasteiger partial charge in [-0.2, -0.15) is 0 Å². The Morgan fingerprint density at radius 2 is 2.11 bits per heavy atom. The van der Waals surface area contributed by atoms with Gasteiger partial charge in [-0.1, -0.05) is 42.7 Å². The molecule has 1 saturated heterocycles. The van der Waals surface area contributed by atoms with Crippen LogP contribution in [0.15, 0.2) is 89.2 Å². The average Bonchev–Trinajstić information content (AvgIpc) is 2.94. The Labute approximate surface area is 232 Å². The van der Waals surface area contributed by atoms with Crippen molar-refractivity contribution in [2.45, 2.75) is 37.5 Å². The van der Waals surface area contributed by atoms with Gasteiger partial charge < -0.3 is 9.92 Å². The molecule has 0 bridgehead atoms. The number of carbonyl (C=O) groups is 1. The summed E-state index contributed by atoms with van der Waals surface area (Å²) in [5, 5.41) is 0.293. The number of halogens is 1. The number of aliphatic imine (C=N–C) groups is 1. The number of rotatable bonds is 6. The normalized spacial score (nSPS) is 29.8. The van der Waals surface area contributed by atoms with Crippen molar-refractivity contribution in [3.63, 3.8) is 0 Å². The molecule has 1 fully saturated rings. The Bertz CT molecular complexity index is 1300. The van der Waals surface area contributed by atoms with E-state index in [1.807, 2.05) is 18.2 Å². The van der Waals surface area contributed by atoms with Gasteiger partial charge in [-0.05, 0) is 92.3 Å². The number of benzene rings is 1. The molecule has 2 N–H and O–H groups in total. The number of piperidine rings is 1. The molecule has 2 heterocycles. The summed E-state index contributed by atoms with van der Waals surface area (Å²) in [6.45, 7) is 3.53. The molecular formula is C29H31FN4O2S2. The van der Waals surface area contributed by atoms with E-state index < -0.39 is 5.41 Å². The minimum absolute atomic E-state index is 0.00840. The molecule has 6 nitrogen and oxygen atoms in total. The average molecular weight is 551 g/mol. The first-order valence-electron chi connectivity index (χ1n) is 12.7. The van der Waals surface area contributed by atoms with E-state index in [1.165, 1.54) is 12.1 Å². The summed E-state index contributed by atoms with van der Waals surface area (Å²) in [6.07, 6.45) is 11.6. The lowest BCUT2D eigenvalue weighted by Crippen LogP contribution is -2.50. The van der Waals surface area contributed by atoms with E-state index in [9.17, 15) is 9.18 Å². The first kappa shape index (κ1) is 26.9. The number of nitrogens with zero attached hydrogens (tertiary/aromatic N) is 3. The van der Waals surface area contributed by atoms with Crippen LogP contribution < -0.4 is 5.73 Å². The second-order valence-electron chi connectivity index (χ2n) is 10.1. The second-order valence-corrected chi connectivity index (χ2v) is 11.6. The van der Waals surface area contributed by atoms with Crippen molar-refractivity contribution in [1.82, 2.24) is 9.29 Å². The van der Waals surface area contributed by atoms with Crippen LogP contribution in [0, 0.1) is 17.2 Å². The third kappa shape index (κ3) is 5.52. The van der Waals surface area contributed by atoms with Crippen molar-refractivity contribution in [2.75, 3.05) is 13.1 Å². The molecule has 4 atom stereocenters. The summed E-state index contributed by atoms with van der Waals surface area (Å²) in [4.78, 5) is 23.3. The van der Waals surface area contributed by atoms with Crippen molar-refractivity contribution in [3.05, 3.63) is 95.7 Å². The maximum absolute atomic E-state index is 14.2. The Balaban J connectivity index is 1.49. The van der Waals surface area contributed by atoms with Crippen LogP contribution in [0.1, 0.15) is 36.7 Å². The van der Waals surface area contributed by atoms with Gasteiger partial charge in [0.05, 0.1) is 22.9 Å². The summed E-state index contributed by atoms with van der Waals surface area (Å²) in [5.74, 6) is 0.0308. The number of carbonyl (C=O) groups excluding carboxylic acids is 1. The van der Waals surface area contributed by atoms with Gasteiger partial charge in [-0.25, -0.2) is 13.7 Å². The van der Waals surface area contributed by atoms with Crippen LogP contribution in [0.2, 0.25) is 0 Å². The number of fused-ring (bicyclic) bond motifs is 1. The van der Waals surface area contributed by atoms with E-state index in [4.69, 9.17) is 14.9 Å². The van der Waals surface area contributed by atoms with Crippen molar-refractivity contribution < 1.29 is 13.4 Å². The smallest absolute Gasteiger partial charge is 0.192 e. The molecule has 198 valence electrons. The number of nitrogens with two attached hydrogens (primary N) is 1. The van der Waals surface area contributed by atoms with Crippen LogP contribution in [-0.4, -0.2) is 45.2 Å². The summed E-state index contributed by atoms with van der Waals surface area (Å²) >= 11 is 5.79. The van der Waals surface area contributed by atoms with Gasteiger partial charge in [0.25, 0.3) is 0 Å². The molecule has 4 unspecified atom stereocenters. The van der Waals surface area contributed by atoms with Gasteiger partial charge in [0.15, 0.2) is 5.78 Å². The summed E-state index contributed by atoms with van der Waals surface area (Å²) in [7, 11) is 0. The number of aromatic nitrogens is 1. The summed E-state index contributed by atoms with van der Waals surface area (Å²) in [5.41, 5.74) is 8.92. The number of ketones is 1. The van der Waals surface area contributed by atoms with Crippen LogP contribution in [0.3, 0.4) is 0 Å². The molecule has 2 aromatic rings. The molecule has 0 radical (unpaired) electrons. The third-order valence-electron chi connectivity index (χ3n) is 7.52. The monoisotopic (exact) mass is 550 g/mol. The molecule has 0 amide bonds. The molecular weight excluding hydrogens is 519 g/mol. The highest BCUT2D eigenvalue weighted by Crippen LogP contribution is 2.48. The van der Waals surface area contributed by atoms with Gasteiger partial charge in [0.1, 0.15) is 11.5 Å². The molecule has 9 heteroatoms. The molecule has 3 aliphatic rings. The summed E-state index contributed by atoms with van der Waals surface area (Å²) in [6, 6.07) is 11.5. The molecule has 1 aromatic heterocycles. The van der Waals surface area contributed by atoms with Crippen LogP contribution in [-0.2, 0) is 4.18 Å². The Hall–Kier alpha value is -2.72.